The van der Waals surface area contributed by atoms with Crippen LogP contribution in [0.4, 0.5) is 0 Å². The van der Waals surface area contributed by atoms with E-state index in [2.05, 4.69) is 4.98 Å². The van der Waals surface area contributed by atoms with Crippen LogP contribution in [0.1, 0.15) is 24.3 Å². The largest absolute Gasteiger partial charge is 0.401 e. The molecule has 2 N–H and O–H groups in total. The topological polar surface area (TPSA) is 102 Å². The first kappa shape index (κ1) is 18.2. The molecule has 0 aliphatic heterocycles. The number of nitriles is 1. The number of rotatable bonds is 5. The molecule has 0 unspecified atom stereocenters. The van der Waals surface area contributed by atoms with Crippen LogP contribution < -0.4 is 11.3 Å². The Bertz CT molecular complexity index is 944. The fourth-order valence-corrected chi connectivity index (χ4v) is 4.28. The van der Waals surface area contributed by atoms with Gasteiger partial charge in [0, 0.05) is 17.1 Å². The molecular formula is C16H18N4O2S2. The number of ketones is 1. The maximum atomic E-state index is 12.7. The van der Waals surface area contributed by atoms with Crippen molar-refractivity contribution in [2.45, 2.75) is 39.4 Å². The Labute approximate surface area is 148 Å². The molecule has 2 rings (SSSR count). The standard InChI is InChI=1S/C16H18N4O2S2/c1-5-20-15(22)13-8(2)10(4)24-14(13)19-16(20)23-7-12(21)11(6-17)9(3)18/h5,7,18H2,1-4H3/b11-9-. The van der Waals surface area contributed by atoms with Crippen LogP contribution in [0.15, 0.2) is 21.2 Å². The number of nitrogens with zero attached hydrogens (tertiary/aromatic N) is 3. The van der Waals surface area contributed by atoms with Gasteiger partial charge in [-0.3, -0.25) is 14.2 Å². The Balaban J connectivity index is 2.43. The van der Waals surface area contributed by atoms with Crippen LogP contribution in [0.25, 0.3) is 10.2 Å². The van der Waals surface area contributed by atoms with Crippen molar-refractivity contribution in [3.05, 3.63) is 32.1 Å². The summed E-state index contributed by atoms with van der Waals surface area (Å²) >= 11 is 2.62. The maximum absolute atomic E-state index is 12.7. The first-order valence-corrected chi connectivity index (χ1v) is 9.14. The minimum Gasteiger partial charge on any atom is -0.401 e. The van der Waals surface area contributed by atoms with Crippen LogP contribution in [-0.4, -0.2) is 21.1 Å². The zero-order valence-electron chi connectivity index (χ0n) is 14.0. The first-order valence-electron chi connectivity index (χ1n) is 7.34. The molecule has 126 valence electrons. The minimum absolute atomic E-state index is 0.0126. The molecule has 2 heterocycles. The number of allylic oxidation sites excluding steroid dienone is 2. The van der Waals surface area contributed by atoms with E-state index in [4.69, 9.17) is 11.0 Å². The van der Waals surface area contributed by atoms with Crippen molar-refractivity contribution >= 4 is 39.1 Å². The number of aromatic nitrogens is 2. The normalized spacial score (nSPS) is 12.1. The molecule has 0 radical (unpaired) electrons. The van der Waals surface area contributed by atoms with Crippen molar-refractivity contribution in [3.63, 3.8) is 0 Å². The highest BCUT2D eigenvalue weighted by Gasteiger charge is 2.18. The highest BCUT2D eigenvalue weighted by Crippen LogP contribution is 2.28. The van der Waals surface area contributed by atoms with Gasteiger partial charge in [-0.1, -0.05) is 11.8 Å². The monoisotopic (exact) mass is 362 g/mol. The van der Waals surface area contributed by atoms with Crippen molar-refractivity contribution in [1.29, 1.82) is 5.26 Å². The Morgan fingerprint density at radius 2 is 2.12 bits per heavy atom. The number of aryl methyl sites for hydroxylation is 2. The van der Waals surface area contributed by atoms with Crippen molar-refractivity contribution in [3.8, 4) is 6.07 Å². The van der Waals surface area contributed by atoms with Gasteiger partial charge in [-0.05, 0) is 33.3 Å². The molecular weight excluding hydrogens is 344 g/mol. The fourth-order valence-electron chi connectivity index (χ4n) is 2.27. The van der Waals surface area contributed by atoms with Gasteiger partial charge in [-0.25, -0.2) is 4.98 Å². The number of hydrogen-bond donors (Lipinski definition) is 1. The zero-order chi connectivity index (χ0) is 18.0. The molecule has 0 amide bonds. The van der Waals surface area contributed by atoms with Crippen LogP contribution >= 0.6 is 23.1 Å². The Kier molecular flexibility index (Phi) is 5.47. The summed E-state index contributed by atoms with van der Waals surface area (Å²) in [5.41, 5.74) is 6.56. The molecule has 0 aliphatic carbocycles. The van der Waals surface area contributed by atoms with Crippen LogP contribution in [-0.2, 0) is 11.3 Å². The zero-order valence-corrected chi connectivity index (χ0v) is 15.6. The lowest BCUT2D eigenvalue weighted by Crippen LogP contribution is -2.23. The number of thiophene rings is 1. The number of hydrogen-bond acceptors (Lipinski definition) is 7. The van der Waals surface area contributed by atoms with Gasteiger partial charge in [-0.2, -0.15) is 5.26 Å². The van der Waals surface area contributed by atoms with Crippen LogP contribution in [0.3, 0.4) is 0 Å². The summed E-state index contributed by atoms with van der Waals surface area (Å²) in [6.07, 6.45) is 0. The predicted molar refractivity (Wildman–Crippen MR) is 97.3 cm³/mol. The average Bonchev–Trinajstić information content (AvgIpc) is 2.80. The lowest BCUT2D eigenvalue weighted by molar-refractivity contribution is -0.112. The van der Waals surface area contributed by atoms with Crippen molar-refractivity contribution < 1.29 is 4.79 Å². The number of carbonyl (C=O) groups is 1. The smallest absolute Gasteiger partial charge is 0.263 e. The number of Topliss-reactive ketones (excluding diaryl/α,β-unsaturated/α-hetero) is 1. The van der Waals surface area contributed by atoms with Crippen LogP contribution in [0, 0.1) is 25.2 Å². The van der Waals surface area contributed by atoms with E-state index in [0.717, 1.165) is 22.2 Å². The minimum atomic E-state index is -0.363. The van der Waals surface area contributed by atoms with Gasteiger partial charge in [0.05, 0.1) is 11.1 Å². The summed E-state index contributed by atoms with van der Waals surface area (Å²) in [4.78, 5) is 31.1. The fraction of sp³-hybridized carbons (Fsp3) is 0.375. The second-order valence-electron chi connectivity index (χ2n) is 5.29. The van der Waals surface area contributed by atoms with Gasteiger partial charge in [-0.15, -0.1) is 11.3 Å². The van der Waals surface area contributed by atoms with Crippen molar-refractivity contribution in [1.82, 2.24) is 9.55 Å². The summed E-state index contributed by atoms with van der Waals surface area (Å²) in [5, 5.41) is 10.1. The number of nitrogens with two attached hydrogens (primary N) is 1. The van der Waals surface area contributed by atoms with Gasteiger partial charge in [0.15, 0.2) is 10.9 Å². The average molecular weight is 362 g/mol. The number of carbonyl (C=O) groups excluding carboxylic acids is 1. The molecule has 0 saturated heterocycles. The molecule has 0 bridgehead atoms. The van der Waals surface area contributed by atoms with E-state index in [9.17, 15) is 9.59 Å². The summed E-state index contributed by atoms with van der Waals surface area (Å²) in [5.74, 6) is -0.350. The predicted octanol–water partition coefficient (Wildman–Crippen LogP) is 2.51. The third kappa shape index (κ3) is 3.23. The van der Waals surface area contributed by atoms with Gasteiger partial charge in [0.1, 0.15) is 16.5 Å². The molecule has 0 aliphatic rings. The second-order valence-corrected chi connectivity index (χ2v) is 7.43. The molecule has 6 nitrogen and oxygen atoms in total. The van der Waals surface area contributed by atoms with E-state index in [1.54, 1.807) is 4.57 Å². The molecule has 0 fully saturated rings. The van der Waals surface area contributed by atoms with Gasteiger partial charge in [0.25, 0.3) is 5.56 Å². The Morgan fingerprint density at radius 3 is 2.67 bits per heavy atom. The summed E-state index contributed by atoms with van der Waals surface area (Å²) < 4.78 is 1.56. The Hall–Kier alpha value is -2.11. The maximum Gasteiger partial charge on any atom is 0.263 e. The Morgan fingerprint density at radius 1 is 1.46 bits per heavy atom. The van der Waals surface area contributed by atoms with E-state index in [1.165, 1.54) is 18.3 Å². The molecule has 2 aromatic heterocycles. The SMILES string of the molecule is CCn1c(SCC(=O)/C(C#N)=C(/C)N)nc2sc(C)c(C)c2c1=O. The molecule has 0 atom stereocenters. The van der Waals surface area contributed by atoms with Crippen molar-refractivity contribution in [2.24, 2.45) is 5.73 Å². The summed E-state index contributed by atoms with van der Waals surface area (Å²) in [7, 11) is 0. The number of fused-ring (bicyclic) bond motifs is 1. The second kappa shape index (κ2) is 7.20. The lowest BCUT2D eigenvalue weighted by atomic mass is 10.2. The molecule has 2 aromatic rings. The summed E-state index contributed by atoms with van der Waals surface area (Å²) in [6.45, 7) is 7.72. The van der Waals surface area contributed by atoms with Gasteiger partial charge < -0.3 is 5.73 Å². The van der Waals surface area contributed by atoms with Crippen LogP contribution in [0.2, 0.25) is 0 Å². The van der Waals surface area contributed by atoms with E-state index < -0.39 is 0 Å². The van der Waals surface area contributed by atoms with Gasteiger partial charge >= 0.3 is 0 Å². The molecule has 8 heteroatoms. The lowest BCUT2D eigenvalue weighted by Gasteiger charge is -2.09. The van der Waals surface area contributed by atoms with E-state index >= 15 is 0 Å². The number of thioether (sulfide) groups is 1. The van der Waals surface area contributed by atoms with E-state index in [0.29, 0.717) is 21.9 Å². The highest BCUT2D eigenvalue weighted by atomic mass is 32.2. The third-order valence-corrected chi connectivity index (χ3v) is 5.76. The molecule has 24 heavy (non-hydrogen) atoms. The highest BCUT2D eigenvalue weighted by molar-refractivity contribution is 7.99. The van der Waals surface area contributed by atoms with E-state index in [-0.39, 0.29) is 28.4 Å². The van der Waals surface area contributed by atoms with E-state index in [1.807, 2.05) is 26.8 Å². The van der Waals surface area contributed by atoms with Crippen LogP contribution in [0.5, 0.6) is 0 Å². The summed E-state index contributed by atoms with van der Waals surface area (Å²) in [6, 6.07) is 1.82. The molecule has 0 aromatic carbocycles. The van der Waals surface area contributed by atoms with Crippen molar-refractivity contribution in [2.75, 3.05) is 5.75 Å². The first-order chi connectivity index (χ1) is 11.3. The molecule has 0 spiro atoms. The third-order valence-electron chi connectivity index (χ3n) is 3.69. The quantitative estimate of drug-likeness (QED) is 0.379. The van der Waals surface area contributed by atoms with Gasteiger partial charge in [0.2, 0.25) is 0 Å². The molecule has 0 saturated carbocycles.